The standard InChI is InChI=1S/C13H10FN3O2/c14-9-4-3-8(10(15)6-9)7-17-12-11(19-13(17)18)2-1-5-16-12/h1-6H,7,15H2. The Balaban J connectivity index is 2.10. The van der Waals surface area contributed by atoms with E-state index in [9.17, 15) is 9.18 Å². The number of fused-ring (bicyclic) bond motifs is 1. The number of benzene rings is 1. The first-order valence-corrected chi connectivity index (χ1v) is 5.63. The smallest absolute Gasteiger partial charge is 0.406 e. The van der Waals surface area contributed by atoms with Crippen LogP contribution in [-0.4, -0.2) is 9.55 Å². The lowest BCUT2D eigenvalue weighted by molar-refractivity contribution is 0.517. The highest BCUT2D eigenvalue weighted by molar-refractivity contribution is 5.67. The van der Waals surface area contributed by atoms with E-state index >= 15 is 0 Å². The summed E-state index contributed by atoms with van der Waals surface area (Å²) in [6.07, 6.45) is 1.57. The van der Waals surface area contributed by atoms with Crippen LogP contribution in [-0.2, 0) is 6.54 Å². The number of hydrogen-bond acceptors (Lipinski definition) is 4. The molecule has 2 aromatic heterocycles. The van der Waals surface area contributed by atoms with Gasteiger partial charge in [-0.25, -0.2) is 14.2 Å². The lowest BCUT2D eigenvalue weighted by atomic mass is 10.2. The number of nitrogen functional groups attached to an aromatic ring is 1. The Morgan fingerprint density at radius 1 is 1.37 bits per heavy atom. The summed E-state index contributed by atoms with van der Waals surface area (Å²) in [6, 6.07) is 7.40. The maximum Gasteiger partial charge on any atom is 0.421 e. The molecule has 1 aromatic carbocycles. The minimum absolute atomic E-state index is 0.189. The average Bonchev–Trinajstić information content (AvgIpc) is 2.69. The fourth-order valence-corrected chi connectivity index (χ4v) is 1.92. The summed E-state index contributed by atoms with van der Waals surface area (Å²) >= 11 is 0. The number of nitrogens with two attached hydrogens (primary N) is 1. The van der Waals surface area contributed by atoms with Crippen LogP contribution in [0, 0.1) is 5.82 Å². The molecule has 0 saturated carbocycles. The minimum atomic E-state index is -0.516. The Labute approximate surface area is 107 Å². The highest BCUT2D eigenvalue weighted by Crippen LogP contribution is 2.16. The Morgan fingerprint density at radius 3 is 3.00 bits per heavy atom. The van der Waals surface area contributed by atoms with Crippen LogP contribution >= 0.6 is 0 Å². The van der Waals surface area contributed by atoms with Gasteiger partial charge in [-0.15, -0.1) is 0 Å². The number of nitrogens with zero attached hydrogens (tertiary/aromatic N) is 2. The maximum absolute atomic E-state index is 13.0. The van der Waals surface area contributed by atoms with Crippen LogP contribution < -0.4 is 11.5 Å². The van der Waals surface area contributed by atoms with Gasteiger partial charge in [0.2, 0.25) is 0 Å². The molecule has 96 valence electrons. The zero-order chi connectivity index (χ0) is 13.4. The molecule has 0 fully saturated rings. The molecule has 0 aliphatic rings. The molecule has 0 amide bonds. The van der Waals surface area contributed by atoms with Gasteiger partial charge >= 0.3 is 5.76 Å². The van der Waals surface area contributed by atoms with E-state index < -0.39 is 11.6 Å². The zero-order valence-electron chi connectivity index (χ0n) is 9.84. The number of rotatable bonds is 2. The summed E-state index contributed by atoms with van der Waals surface area (Å²) in [7, 11) is 0. The predicted octanol–water partition coefficient (Wildman–Crippen LogP) is 1.76. The SMILES string of the molecule is Nc1cc(F)ccc1Cn1c(=O)oc2cccnc21. The summed E-state index contributed by atoms with van der Waals surface area (Å²) in [5.41, 5.74) is 7.50. The molecule has 3 rings (SSSR count). The van der Waals surface area contributed by atoms with E-state index in [1.165, 1.54) is 16.7 Å². The van der Waals surface area contributed by atoms with Gasteiger partial charge in [-0.1, -0.05) is 6.07 Å². The van der Waals surface area contributed by atoms with Crippen LogP contribution in [0.15, 0.2) is 45.7 Å². The first-order chi connectivity index (χ1) is 9.15. The van der Waals surface area contributed by atoms with E-state index in [2.05, 4.69) is 4.98 Å². The molecule has 0 aliphatic carbocycles. The van der Waals surface area contributed by atoms with Gasteiger partial charge in [0.25, 0.3) is 0 Å². The van der Waals surface area contributed by atoms with Crippen molar-refractivity contribution in [2.24, 2.45) is 0 Å². The number of aromatic nitrogens is 2. The summed E-state index contributed by atoms with van der Waals surface area (Å²) in [6.45, 7) is 0.189. The van der Waals surface area contributed by atoms with E-state index in [-0.39, 0.29) is 12.2 Å². The number of pyridine rings is 1. The molecule has 2 N–H and O–H groups in total. The van der Waals surface area contributed by atoms with Gasteiger partial charge in [0.1, 0.15) is 5.82 Å². The fourth-order valence-electron chi connectivity index (χ4n) is 1.92. The fraction of sp³-hybridized carbons (Fsp3) is 0.0769. The molecule has 0 radical (unpaired) electrons. The van der Waals surface area contributed by atoms with Gasteiger partial charge < -0.3 is 10.2 Å². The van der Waals surface area contributed by atoms with Gasteiger partial charge in [-0.3, -0.25) is 4.57 Å². The van der Waals surface area contributed by atoms with Crippen LogP contribution in [0.4, 0.5) is 10.1 Å². The second-order valence-electron chi connectivity index (χ2n) is 4.12. The van der Waals surface area contributed by atoms with Crippen LogP contribution in [0.2, 0.25) is 0 Å². The third-order valence-corrected chi connectivity index (χ3v) is 2.86. The molecule has 0 saturated heterocycles. The molecule has 0 unspecified atom stereocenters. The van der Waals surface area contributed by atoms with Gasteiger partial charge in [-0.2, -0.15) is 0 Å². The third kappa shape index (κ3) is 1.97. The van der Waals surface area contributed by atoms with Crippen molar-refractivity contribution in [3.63, 3.8) is 0 Å². The number of hydrogen-bond donors (Lipinski definition) is 1. The normalized spacial score (nSPS) is 11.0. The van der Waals surface area contributed by atoms with E-state index in [0.717, 1.165) is 0 Å². The molecule has 0 aliphatic heterocycles. The summed E-state index contributed by atoms with van der Waals surface area (Å²) in [5.74, 6) is -0.929. The summed E-state index contributed by atoms with van der Waals surface area (Å²) in [4.78, 5) is 15.9. The average molecular weight is 259 g/mol. The zero-order valence-corrected chi connectivity index (χ0v) is 9.84. The summed E-state index contributed by atoms with van der Waals surface area (Å²) < 4.78 is 19.4. The predicted molar refractivity (Wildman–Crippen MR) is 68.2 cm³/mol. The second kappa shape index (κ2) is 4.24. The molecule has 6 heteroatoms. The molecular weight excluding hydrogens is 249 g/mol. The Kier molecular flexibility index (Phi) is 2.56. The number of halogens is 1. The van der Waals surface area contributed by atoms with Crippen molar-refractivity contribution in [2.45, 2.75) is 6.54 Å². The molecule has 19 heavy (non-hydrogen) atoms. The van der Waals surface area contributed by atoms with Crippen LogP contribution in [0.1, 0.15) is 5.56 Å². The minimum Gasteiger partial charge on any atom is -0.406 e. The Bertz CT molecular complexity index is 807. The van der Waals surface area contributed by atoms with Crippen molar-refractivity contribution in [2.75, 3.05) is 5.73 Å². The topological polar surface area (TPSA) is 74.0 Å². The van der Waals surface area contributed by atoms with Gasteiger partial charge in [0.15, 0.2) is 11.2 Å². The first kappa shape index (κ1) is 11.5. The quantitative estimate of drug-likeness (QED) is 0.711. The third-order valence-electron chi connectivity index (χ3n) is 2.86. The monoisotopic (exact) mass is 259 g/mol. The molecule has 0 bridgehead atoms. The second-order valence-corrected chi connectivity index (χ2v) is 4.12. The number of anilines is 1. The molecular formula is C13H10FN3O2. The van der Waals surface area contributed by atoms with E-state index in [4.69, 9.17) is 10.2 Å². The van der Waals surface area contributed by atoms with Crippen molar-refractivity contribution < 1.29 is 8.81 Å². The maximum atomic E-state index is 13.0. The van der Waals surface area contributed by atoms with E-state index in [1.807, 2.05) is 0 Å². The van der Waals surface area contributed by atoms with Crippen molar-refractivity contribution >= 4 is 16.9 Å². The Morgan fingerprint density at radius 2 is 2.21 bits per heavy atom. The highest BCUT2D eigenvalue weighted by Gasteiger charge is 2.11. The lowest BCUT2D eigenvalue weighted by Gasteiger charge is -2.05. The van der Waals surface area contributed by atoms with Crippen LogP contribution in [0.25, 0.3) is 11.2 Å². The molecule has 0 spiro atoms. The molecule has 3 aromatic rings. The molecule has 2 heterocycles. The van der Waals surface area contributed by atoms with Gasteiger partial charge in [-0.05, 0) is 29.8 Å². The van der Waals surface area contributed by atoms with Crippen LogP contribution in [0.3, 0.4) is 0 Å². The van der Waals surface area contributed by atoms with Crippen LogP contribution in [0.5, 0.6) is 0 Å². The number of oxazole rings is 1. The molecule has 0 atom stereocenters. The highest BCUT2D eigenvalue weighted by atomic mass is 19.1. The van der Waals surface area contributed by atoms with Crippen molar-refractivity contribution in [1.29, 1.82) is 0 Å². The van der Waals surface area contributed by atoms with Gasteiger partial charge in [0.05, 0.1) is 6.54 Å². The lowest BCUT2D eigenvalue weighted by Crippen LogP contribution is -2.16. The summed E-state index contributed by atoms with van der Waals surface area (Å²) in [5, 5.41) is 0. The Hall–Kier alpha value is -2.63. The van der Waals surface area contributed by atoms with E-state index in [1.54, 1.807) is 24.4 Å². The largest absolute Gasteiger partial charge is 0.421 e. The van der Waals surface area contributed by atoms with E-state index in [0.29, 0.717) is 16.8 Å². The van der Waals surface area contributed by atoms with Gasteiger partial charge in [0, 0.05) is 11.9 Å². The first-order valence-electron chi connectivity index (χ1n) is 5.63. The van der Waals surface area contributed by atoms with Crippen molar-refractivity contribution in [3.8, 4) is 0 Å². The molecule has 5 nitrogen and oxygen atoms in total. The van der Waals surface area contributed by atoms with Crippen molar-refractivity contribution in [1.82, 2.24) is 9.55 Å². The van der Waals surface area contributed by atoms with Crippen molar-refractivity contribution in [3.05, 3.63) is 58.5 Å².